The molecule has 4 rings (SSSR count). The van der Waals surface area contributed by atoms with Crippen LogP contribution in [0.5, 0.6) is 0 Å². The molecule has 3 aliphatic rings. The van der Waals surface area contributed by atoms with E-state index in [2.05, 4.69) is 21.2 Å². The van der Waals surface area contributed by atoms with Gasteiger partial charge >= 0.3 is 0 Å². The molecule has 5 nitrogen and oxygen atoms in total. The summed E-state index contributed by atoms with van der Waals surface area (Å²) in [7, 11) is 0. The van der Waals surface area contributed by atoms with Gasteiger partial charge in [-0.3, -0.25) is 9.69 Å². The number of rotatable bonds is 3. The molecule has 0 aliphatic carbocycles. The molecule has 0 saturated carbocycles. The number of para-hydroxylation sites is 1. The molecule has 1 amide bonds. The topological polar surface area (TPSA) is 38.8 Å². The van der Waals surface area contributed by atoms with E-state index in [-0.39, 0.29) is 6.04 Å². The summed E-state index contributed by atoms with van der Waals surface area (Å²) in [6, 6.07) is 8.54. The number of nitrogens with zero attached hydrogens (tertiary/aromatic N) is 3. The van der Waals surface area contributed by atoms with Gasteiger partial charge in [-0.25, -0.2) is 0 Å². The van der Waals surface area contributed by atoms with Gasteiger partial charge in [-0.05, 0) is 18.6 Å². The number of carbonyl (C=O) groups is 1. The molecule has 0 bridgehead atoms. The van der Waals surface area contributed by atoms with Gasteiger partial charge in [-0.15, -0.1) is 11.8 Å². The average Bonchev–Trinajstić information content (AvgIpc) is 3.34. The Kier molecular flexibility index (Phi) is 5.41. The van der Waals surface area contributed by atoms with Crippen LogP contribution in [0.25, 0.3) is 0 Å². The molecule has 0 unspecified atom stereocenters. The molecule has 3 saturated heterocycles. The maximum atomic E-state index is 12.6. The van der Waals surface area contributed by atoms with Crippen molar-refractivity contribution < 1.29 is 4.79 Å². The SMILES string of the molecule is O=C([C@@H]1C[C@H](N2CCN(c3ccccc3Cl)CC2)CN1)N1CCSC1. The summed E-state index contributed by atoms with van der Waals surface area (Å²) in [6.45, 7) is 5.85. The molecular formula is C18H25ClN4OS. The Morgan fingerprint density at radius 2 is 1.96 bits per heavy atom. The minimum atomic E-state index is 0.00490. The first-order valence-corrected chi connectivity index (χ1v) is 10.6. The largest absolute Gasteiger partial charge is 0.368 e. The zero-order chi connectivity index (χ0) is 17.2. The zero-order valence-electron chi connectivity index (χ0n) is 14.4. The van der Waals surface area contributed by atoms with Crippen LogP contribution < -0.4 is 10.2 Å². The van der Waals surface area contributed by atoms with E-state index in [0.717, 1.165) is 68.0 Å². The van der Waals surface area contributed by atoms with E-state index in [1.54, 1.807) is 0 Å². The molecule has 1 aromatic carbocycles. The second-order valence-corrected chi connectivity index (χ2v) is 8.45. The number of anilines is 1. The minimum absolute atomic E-state index is 0.00490. The van der Waals surface area contributed by atoms with Crippen LogP contribution in [0.3, 0.4) is 0 Å². The van der Waals surface area contributed by atoms with Gasteiger partial charge in [0.1, 0.15) is 0 Å². The minimum Gasteiger partial charge on any atom is -0.368 e. The molecule has 0 aromatic heterocycles. The summed E-state index contributed by atoms with van der Waals surface area (Å²) >= 11 is 8.18. The highest BCUT2D eigenvalue weighted by Crippen LogP contribution is 2.27. The lowest BCUT2D eigenvalue weighted by Crippen LogP contribution is -2.51. The molecular weight excluding hydrogens is 356 g/mol. The van der Waals surface area contributed by atoms with Crippen LogP contribution in [0.1, 0.15) is 6.42 Å². The van der Waals surface area contributed by atoms with Crippen molar-refractivity contribution in [1.82, 2.24) is 15.1 Å². The van der Waals surface area contributed by atoms with Crippen LogP contribution in [-0.2, 0) is 4.79 Å². The summed E-state index contributed by atoms with van der Waals surface area (Å²) in [6.07, 6.45) is 0.937. The Balaban J connectivity index is 1.30. The van der Waals surface area contributed by atoms with Gasteiger partial charge in [0.05, 0.1) is 22.6 Å². The average molecular weight is 381 g/mol. The van der Waals surface area contributed by atoms with E-state index < -0.39 is 0 Å². The van der Waals surface area contributed by atoms with Gasteiger partial charge in [0, 0.05) is 51.1 Å². The Bertz CT molecular complexity index is 617. The lowest BCUT2D eigenvalue weighted by molar-refractivity contribution is -0.131. The van der Waals surface area contributed by atoms with Gasteiger partial charge in [0.15, 0.2) is 0 Å². The van der Waals surface area contributed by atoms with Crippen molar-refractivity contribution in [2.24, 2.45) is 0 Å². The summed E-state index contributed by atoms with van der Waals surface area (Å²) in [5.74, 6) is 2.23. The van der Waals surface area contributed by atoms with E-state index in [4.69, 9.17) is 11.6 Å². The van der Waals surface area contributed by atoms with E-state index in [9.17, 15) is 4.79 Å². The number of nitrogens with one attached hydrogen (secondary N) is 1. The Morgan fingerprint density at radius 1 is 1.16 bits per heavy atom. The highest BCUT2D eigenvalue weighted by molar-refractivity contribution is 7.99. The van der Waals surface area contributed by atoms with Gasteiger partial charge in [0.2, 0.25) is 5.91 Å². The second-order valence-electron chi connectivity index (χ2n) is 6.96. The third-order valence-corrected chi connectivity index (χ3v) is 6.78. The van der Waals surface area contributed by atoms with Gasteiger partial charge in [0.25, 0.3) is 0 Å². The molecule has 0 spiro atoms. The van der Waals surface area contributed by atoms with Crippen molar-refractivity contribution in [3.8, 4) is 0 Å². The second kappa shape index (κ2) is 7.74. The van der Waals surface area contributed by atoms with Crippen LogP contribution >= 0.6 is 23.4 Å². The van der Waals surface area contributed by atoms with Gasteiger partial charge in [-0.1, -0.05) is 23.7 Å². The summed E-state index contributed by atoms with van der Waals surface area (Å²) < 4.78 is 0. The van der Waals surface area contributed by atoms with E-state index >= 15 is 0 Å². The van der Waals surface area contributed by atoms with Crippen molar-refractivity contribution in [2.45, 2.75) is 18.5 Å². The first-order valence-electron chi connectivity index (χ1n) is 9.06. The fourth-order valence-corrected chi connectivity index (χ4v) is 5.24. The number of piperazine rings is 1. The normalized spacial score (nSPS) is 27.9. The fourth-order valence-electron chi connectivity index (χ4n) is 4.03. The summed E-state index contributed by atoms with van der Waals surface area (Å²) in [4.78, 5) is 19.5. The molecule has 25 heavy (non-hydrogen) atoms. The molecule has 3 fully saturated rings. The third kappa shape index (κ3) is 3.77. The van der Waals surface area contributed by atoms with Crippen molar-refractivity contribution >= 4 is 35.0 Å². The molecule has 3 aliphatic heterocycles. The van der Waals surface area contributed by atoms with Crippen LogP contribution in [0.2, 0.25) is 5.02 Å². The number of carbonyl (C=O) groups excluding carboxylic acids is 1. The predicted octanol–water partition coefficient (Wildman–Crippen LogP) is 1.73. The molecule has 0 radical (unpaired) electrons. The Morgan fingerprint density at radius 3 is 2.68 bits per heavy atom. The smallest absolute Gasteiger partial charge is 0.240 e. The maximum absolute atomic E-state index is 12.6. The molecule has 1 N–H and O–H groups in total. The van der Waals surface area contributed by atoms with Gasteiger partial charge < -0.3 is 15.1 Å². The monoisotopic (exact) mass is 380 g/mol. The van der Waals surface area contributed by atoms with E-state index in [1.807, 2.05) is 34.9 Å². The lowest BCUT2D eigenvalue weighted by atomic mass is 10.1. The fraction of sp³-hybridized carbons (Fsp3) is 0.611. The van der Waals surface area contributed by atoms with Gasteiger partial charge in [-0.2, -0.15) is 0 Å². The number of amides is 1. The van der Waals surface area contributed by atoms with Crippen molar-refractivity contribution in [2.75, 3.05) is 55.8 Å². The third-order valence-electron chi connectivity index (χ3n) is 5.49. The van der Waals surface area contributed by atoms with Crippen molar-refractivity contribution in [3.05, 3.63) is 29.3 Å². The zero-order valence-corrected chi connectivity index (χ0v) is 15.9. The predicted molar refractivity (Wildman–Crippen MR) is 104 cm³/mol. The number of hydrogen-bond acceptors (Lipinski definition) is 5. The number of thioether (sulfide) groups is 1. The van der Waals surface area contributed by atoms with E-state index in [1.165, 1.54) is 0 Å². The van der Waals surface area contributed by atoms with Crippen LogP contribution in [0.15, 0.2) is 24.3 Å². The lowest BCUT2D eigenvalue weighted by Gasteiger charge is -2.39. The van der Waals surface area contributed by atoms with E-state index in [0.29, 0.717) is 11.9 Å². The van der Waals surface area contributed by atoms with Crippen LogP contribution in [-0.4, -0.2) is 78.7 Å². The molecule has 1 aromatic rings. The standard InChI is InChI=1S/C18H25ClN4OS/c19-15-3-1-2-4-17(15)22-7-5-21(6-8-22)14-11-16(20-12-14)18(24)23-9-10-25-13-23/h1-4,14,16,20H,5-13H2/t14-,16-/m0/s1. The molecule has 2 atom stereocenters. The van der Waals surface area contributed by atoms with Crippen molar-refractivity contribution in [1.29, 1.82) is 0 Å². The quantitative estimate of drug-likeness (QED) is 0.864. The molecule has 136 valence electrons. The highest BCUT2D eigenvalue weighted by atomic mass is 35.5. The van der Waals surface area contributed by atoms with Crippen molar-refractivity contribution in [3.63, 3.8) is 0 Å². The Labute approximate surface area is 158 Å². The molecule has 7 heteroatoms. The first kappa shape index (κ1) is 17.5. The molecule has 3 heterocycles. The van der Waals surface area contributed by atoms with Crippen LogP contribution in [0.4, 0.5) is 5.69 Å². The van der Waals surface area contributed by atoms with Crippen LogP contribution in [0, 0.1) is 0 Å². The summed E-state index contributed by atoms with van der Waals surface area (Å²) in [5.41, 5.74) is 1.13. The maximum Gasteiger partial charge on any atom is 0.240 e. The number of benzene rings is 1. The summed E-state index contributed by atoms with van der Waals surface area (Å²) in [5, 5.41) is 4.28. The highest BCUT2D eigenvalue weighted by Gasteiger charge is 2.36. The first-order chi connectivity index (χ1) is 12.2. The Hall–Kier alpha value is -0.950. The number of hydrogen-bond donors (Lipinski definition) is 1. The number of halogens is 1.